The summed E-state index contributed by atoms with van der Waals surface area (Å²) in [5, 5.41) is 4.62. The number of benzene rings is 2. The largest absolute Gasteiger partial charge is 0.396 e. The Morgan fingerprint density at radius 3 is 2.81 bits per heavy atom. The molecule has 1 heterocycles. The van der Waals surface area contributed by atoms with Crippen molar-refractivity contribution in [3.63, 3.8) is 0 Å². The smallest absolute Gasteiger partial charge is 0.0743 e. The zero-order valence-electron chi connectivity index (χ0n) is 11.7. The van der Waals surface area contributed by atoms with E-state index in [0.29, 0.717) is 11.6 Å². The molecule has 1 aromatic heterocycles. The Morgan fingerprint density at radius 1 is 1.10 bits per heavy atom. The molecule has 4 rings (SSSR count). The van der Waals surface area contributed by atoms with E-state index in [1.54, 1.807) is 6.20 Å². The molecule has 104 valence electrons. The second kappa shape index (κ2) is 4.77. The number of fused-ring (bicyclic) bond motifs is 2. The summed E-state index contributed by atoms with van der Waals surface area (Å²) >= 11 is 0. The maximum absolute atomic E-state index is 6.10. The van der Waals surface area contributed by atoms with Crippen LogP contribution in [0.2, 0.25) is 0 Å². The van der Waals surface area contributed by atoms with Gasteiger partial charge in [-0.3, -0.25) is 4.98 Å². The van der Waals surface area contributed by atoms with E-state index in [-0.39, 0.29) is 0 Å². The lowest BCUT2D eigenvalue weighted by molar-refractivity contribution is 0.636. The minimum atomic E-state index is 0.576. The quantitative estimate of drug-likeness (QED) is 0.768. The fraction of sp³-hybridized carbons (Fsp3) is 0.167. The average Bonchev–Trinajstić information content (AvgIpc) is 2.50. The number of anilines is 2. The van der Waals surface area contributed by atoms with Crippen LogP contribution in [-0.2, 0) is 6.42 Å². The van der Waals surface area contributed by atoms with Gasteiger partial charge in [0.15, 0.2) is 0 Å². The second-order valence-electron chi connectivity index (χ2n) is 5.59. The summed E-state index contributed by atoms with van der Waals surface area (Å²) in [6, 6.07) is 16.7. The molecule has 0 amide bonds. The maximum Gasteiger partial charge on any atom is 0.0743 e. The van der Waals surface area contributed by atoms with E-state index in [2.05, 4.69) is 40.6 Å². The van der Waals surface area contributed by atoms with Crippen LogP contribution < -0.4 is 11.1 Å². The first kappa shape index (κ1) is 12.2. The SMILES string of the molecule is Nc1cnc2ccccc2c1NCC1Cc2ccccc21. The van der Waals surface area contributed by atoms with E-state index >= 15 is 0 Å². The third-order valence-corrected chi connectivity index (χ3v) is 4.29. The van der Waals surface area contributed by atoms with Crippen molar-refractivity contribution in [3.8, 4) is 0 Å². The van der Waals surface area contributed by atoms with E-state index in [0.717, 1.165) is 29.6 Å². The van der Waals surface area contributed by atoms with Gasteiger partial charge < -0.3 is 11.1 Å². The number of para-hydroxylation sites is 1. The summed E-state index contributed by atoms with van der Waals surface area (Å²) < 4.78 is 0. The van der Waals surface area contributed by atoms with Crippen molar-refractivity contribution in [1.82, 2.24) is 4.98 Å². The Morgan fingerprint density at radius 2 is 1.90 bits per heavy atom. The molecule has 1 unspecified atom stereocenters. The topological polar surface area (TPSA) is 50.9 Å². The highest BCUT2D eigenvalue weighted by Crippen LogP contribution is 2.36. The van der Waals surface area contributed by atoms with Gasteiger partial charge in [0.05, 0.1) is 23.1 Å². The Labute approximate surface area is 123 Å². The molecule has 0 saturated heterocycles. The van der Waals surface area contributed by atoms with Gasteiger partial charge in [0.2, 0.25) is 0 Å². The van der Waals surface area contributed by atoms with E-state index in [9.17, 15) is 0 Å². The van der Waals surface area contributed by atoms with Crippen LogP contribution in [0.1, 0.15) is 17.0 Å². The number of nitrogens with two attached hydrogens (primary N) is 1. The molecule has 1 aliphatic carbocycles. The lowest BCUT2D eigenvalue weighted by Crippen LogP contribution is -2.24. The highest BCUT2D eigenvalue weighted by atomic mass is 14.9. The molecule has 0 bridgehead atoms. The number of aromatic nitrogens is 1. The van der Waals surface area contributed by atoms with Crippen molar-refractivity contribution >= 4 is 22.3 Å². The molecule has 0 aliphatic heterocycles. The summed E-state index contributed by atoms with van der Waals surface area (Å²) in [7, 11) is 0. The first-order valence-corrected chi connectivity index (χ1v) is 7.28. The number of nitrogens with zero attached hydrogens (tertiary/aromatic N) is 1. The zero-order chi connectivity index (χ0) is 14.2. The van der Waals surface area contributed by atoms with Crippen molar-refractivity contribution in [2.24, 2.45) is 0 Å². The summed E-state index contributed by atoms with van der Waals surface area (Å²) in [6.45, 7) is 0.912. The van der Waals surface area contributed by atoms with Crippen LogP contribution >= 0.6 is 0 Å². The Bertz CT molecular complexity index is 810. The van der Waals surface area contributed by atoms with Crippen LogP contribution in [0.5, 0.6) is 0 Å². The number of nitrogens with one attached hydrogen (secondary N) is 1. The van der Waals surface area contributed by atoms with Gasteiger partial charge in [0, 0.05) is 17.8 Å². The predicted molar refractivity (Wildman–Crippen MR) is 87.5 cm³/mol. The molecule has 0 spiro atoms. The molecule has 0 saturated carbocycles. The van der Waals surface area contributed by atoms with Crippen molar-refractivity contribution in [2.45, 2.75) is 12.3 Å². The summed E-state index contributed by atoms with van der Waals surface area (Å²) in [5.41, 5.74) is 11.7. The fourth-order valence-corrected chi connectivity index (χ4v) is 3.12. The summed E-state index contributed by atoms with van der Waals surface area (Å²) in [5.74, 6) is 0.576. The van der Waals surface area contributed by atoms with Gasteiger partial charge in [-0.25, -0.2) is 0 Å². The monoisotopic (exact) mass is 275 g/mol. The fourth-order valence-electron chi connectivity index (χ4n) is 3.12. The van der Waals surface area contributed by atoms with Crippen LogP contribution in [0.3, 0.4) is 0 Å². The number of hydrogen-bond donors (Lipinski definition) is 2. The van der Waals surface area contributed by atoms with Crippen molar-refractivity contribution in [3.05, 3.63) is 65.9 Å². The summed E-state index contributed by atoms with van der Waals surface area (Å²) in [4.78, 5) is 4.37. The first-order chi connectivity index (χ1) is 10.3. The van der Waals surface area contributed by atoms with Gasteiger partial charge >= 0.3 is 0 Å². The Balaban J connectivity index is 1.60. The van der Waals surface area contributed by atoms with E-state index in [1.807, 2.05) is 18.2 Å². The van der Waals surface area contributed by atoms with Crippen molar-refractivity contribution in [1.29, 1.82) is 0 Å². The zero-order valence-corrected chi connectivity index (χ0v) is 11.7. The van der Waals surface area contributed by atoms with Gasteiger partial charge in [-0.1, -0.05) is 42.5 Å². The van der Waals surface area contributed by atoms with Gasteiger partial charge in [-0.15, -0.1) is 0 Å². The molecule has 21 heavy (non-hydrogen) atoms. The maximum atomic E-state index is 6.10. The number of nitrogen functional groups attached to an aromatic ring is 1. The number of rotatable bonds is 3. The van der Waals surface area contributed by atoms with Crippen molar-refractivity contribution < 1.29 is 0 Å². The molecule has 3 nitrogen and oxygen atoms in total. The average molecular weight is 275 g/mol. The van der Waals surface area contributed by atoms with Crippen LogP contribution in [-0.4, -0.2) is 11.5 Å². The normalized spacial score (nSPS) is 16.3. The highest BCUT2D eigenvalue weighted by molar-refractivity contribution is 5.96. The predicted octanol–water partition coefficient (Wildman–Crippen LogP) is 3.57. The summed E-state index contributed by atoms with van der Waals surface area (Å²) in [6.07, 6.45) is 2.88. The molecule has 0 fully saturated rings. The molecule has 1 aliphatic rings. The van der Waals surface area contributed by atoms with Crippen LogP contribution in [0, 0.1) is 0 Å². The molecular weight excluding hydrogens is 258 g/mol. The minimum Gasteiger partial charge on any atom is -0.396 e. The molecule has 3 heteroatoms. The van der Waals surface area contributed by atoms with Crippen LogP contribution in [0.4, 0.5) is 11.4 Å². The second-order valence-corrected chi connectivity index (χ2v) is 5.59. The molecule has 1 atom stereocenters. The van der Waals surface area contributed by atoms with E-state index in [1.165, 1.54) is 11.1 Å². The lowest BCUT2D eigenvalue weighted by atomic mass is 9.77. The van der Waals surface area contributed by atoms with Crippen LogP contribution in [0.25, 0.3) is 10.9 Å². The van der Waals surface area contributed by atoms with E-state index < -0.39 is 0 Å². The standard InChI is InChI=1S/C18H17N3/c19-16-11-20-17-8-4-3-7-15(17)18(16)21-10-13-9-12-5-1-2-6-14(12)13/h1-8,11,13H,9-10,19H2,(H,20,21). The van der Waals surface area contributed by atoms with Gasteiger partial charge in [0.1, 0.15) is 0 Å². The molecule has 3 aromatic rings. The van der Waals surface area contributed by atoms with Gasteiger partial charge in [0.25, 0.3) is 0 Å². The van der Waals surface area contributed by atoms with E-state index in [4.69, 9.17) is 5.73 Å². The van der Waals surface area contributed by atoms with Gasteiger partial charge in [-0.05, 0) is 23.6 Å². The third-order valence-electron chi connectivity index (χ3n) is 4.29. The lowest BCUT2D eigenvalue weighted by Gasteiger charge is -2.30. The number of hydrogen-bond acceptors (Lipinski definition) is 3. The molecule has 2 aromatic carbocycles. The Kier molecular flexibility index (Phi) is 2.78. The molecular formula is C18H17N3. The first-order valence-electron chi connectivity index (χ1n) is 7.28. The van der Waals surface area contributed by atoms with Crippen LogP contribution in [0.15, 0.2) is 54.7 Å². The molecule has 0 radical (unpaired) electrons. The van der Waals surface area contributed by atoms with Gasteiger partial charge in [-0.2, -0.15) is 0 Å². The van der Waals surface area contributed by atoms with Crippen molar-refractivity contribution in [2.75, 3.05) is 17.6 Å². The minimum absolute atomic E-state index is 0.576. The third kappa shape index (κ3) is 2.02. The molecule has 3 N–H and O–H groups in total. The Hall–Kier alpha value is -2.55. The number of pyridine rings is 1. The highest BCUT2D eigenvalue weighted by Gasteiger charge is 2.25.